The molecule has 3 heterocycles. The second-order valence-corrected chi connectivity index (χ2v) is 11.2. The number of aliphatic hydroxyl groups excluding tert-OH is 1. The minimum Gasteiger partial charge on any atom is -0.494 e. The summed E-state index contributed by atoms with van der Waals surface area (Å²) in [6.07, 6.45) is 3.97. The fourth-order valence-electron chi connectivity index (χ4n) is 6.07. The Bertz CT molecular complexity index is 975. The van der Waals surface area contributed by atoms with Gasteiger partial charge in [-0.15, -0.1) is 0 Å². The molecule has 10 heteroatoms. The van der Waals surface area contributed by atoms with E-state index in [1.54, 1.807) is 29.2 Å². The van der Waals surface area contributed by atoms with Gasteiger partial charge in [-0.05, 0) is 56.9 Å². The first kappa shape index (κ1) is 27.9. The Kier molecular flexibility index (Phi) is 9.13. The third kappa shape index (κ3) is 5.38. The van der Waals surface area contributed by atoms with Crippen LogP contribution in [0.4, 0.5) is 5.69 Å². The normalized spacial score (nSPS) is 29.9. The van der Waals surface area contributed by atoms with Crippen LogP contribution >= 0.6 is 15.9 Å². The van der Waals surface area contributed by atoms with Crippen LogP contribution in [-0.4, -0.2) is 76.6 Å². The van der Waals surface area contributed by atoms with Crippen LogP contribution in [0.5, 0.6) is 5.75 Å². The summed E-state index contributed by atoms with van der Waals surface area (Å²) < 4.78 is 12.0. The number of carbonyl (C=O) groups is 3. The molecule has 3 fully saturated rings. The molecule has 204 valence electrons. The molecule has 1 aromatic carbocycles. The van der Waals surface area contributed by atoms with E-state index in [0.717, 1.165) is 19.3 Å². The smallest absolute Gasteiger partial charge is 0.245 e. The van der Waals surface area contributed by atoms with Gasteiger partial charge in [-0.2, -0.15) is 0 Å². The first-order chi connectivity index (χ1) is 17.9. The predicted octanol–water partition coefficient (Wildman–Crippen LogP) is 2.85. The fraction of sp³-hybridized carbons (Fsp3) is 0.667. The fourth-order valence-corrected chi connectivity index (χ4v) is 7.02. The van der Waals surface area contributed by atoms with E-state index < -0.39 is 29.6 Å². The summed E-state index contributed by atoms with van der Waals surface area (Å²) in [4.78, 5) is 42.4. The van der Waals surface area contributed by atoms with Gasteiger partial charge in [0.15, 0.2) is 0 Å². The van der Waals surface area contributed by atoms with Crippen molar-refractivity contribution in [3.8, 4) is 5.75 Å². The minimum atomic E-state index is -1.06. The molecule has 3 aliphatic heterocycles. The quantitative estimate of drug-likeness (QED) is 0.244. The number of nitrogens with zero attached hydrogens (tertiary/aromatic N) is 1. The van der Waals surface area contributed by atoms with Crippen LogP contribution in [0.25, 0.3) is 0 Å². The summed E-state index contributed by atoms with van der Waals surface area (Å²) in [5, 5.41) is 15.2. The molecule has 0 radical (unpaired) electrons. The number of hydrogen-bond acceptors (Lipinski definition) is 6. The maximum Gasteiger partial charge on any atom is 0.245 e. The van der Waals surface area contributed by atoms with Gasteiger partial charge in [0.05, 0.1) is 24.5 Å². The molecule has 1 aromatic rings. The van der Waals surface area contributed by atoms with Crippen molar-refractivity contribution in [1.29, 1.82) is 0 Å². The van der Waals surface area contributed by atoms with Gasteiger partial charge in [-0.1, -0.05) is 35.7 Å². The van der Waals surface area contributed by atoms with Gasteiger partial charge in [0.2, 0.25) is 17.7 Å². The number of aliphatic hydroxyl groups is 1. The number of amides is 3. The van der Waals surface area contributed by atoms with E-state index >= 15 is 0 Å². The number of rotatable bonds is 13. The molecule has 3 saturated heterocycles. The van der Waals surface area contributed by atoms with Crippen molar-refractivity contribution in [1.82, 2.24) is 10.2 Å². The first-order valence-corrected chi connectivity index (χ1v) is 14.3. The summed E-state index contributed by atoms with van der Waals surface area (Å²) in [6, 6.07) is 6.30. The molecule has 0 aliphatic carbocycles. The second kappa shape index (κ2) is 12.1. The molecule has 0 saturated carbocycles. The third-order valence-electron chi connectivity index (χ3n) is 7.66. The number of hydrogen-bond donors (Lipinski definition) is 3. The number of ether oxygens (including phenoxy) is 2. The summed E-state index contributed by atoms with van der Waals surface area (Å²) in [6.45, 7) is 5.43. The first-order valence-electron chi connectivity index (χ1n) is 13.4. The van der Waals surface area contributed by atoms with E-state index in [4.69, 9.17) is 9.47 Å². The SMILES string of the molecule is CCCCCNC(=O)C1N(CCCCO)C(=O)[C@@H]2[C@@H](C(=O)Nc3ccc(OCC)cc3)[C@@H]3OC12CC3Br. The highest BCUT2D eigenvalue weighted by atomic mass is 79.9. The van der Waals surface area contributed by atoms with Crippen LogP contribution in [0, 0.1) is 11.8 Å². The van der Waals surface area contributed by atoms with Crippen molar-refractivity contribution >= 4 is 39.3 Å². The van der Waals surface area contributed by atoms with E-state index in [9.17, 15) is 19.5 Å². The lowest BCUT2D eigenvalue weighted by Gasteiger charge is -2.34. The highest BCUT2D eigenvalue weighted by molar-refractivity contribution is 9.09. The number of halogens is 1. The number of nitrogens with one attached hydrogen (secondary N) is 2. The Hall–Kier alpha value is -2.17. The Balaban J connectivity index is 1.58. The predicted molar refractivity (Wildman–Crippen MR) is 143 cm³/mol. The molecular weight excluding hydrogens is 542 g/mol. The molecule has 37 heavy (non-hydrogen) atoms. The number of unbranched alkanes of at least 4 members (excludes halogenated alkanes) is 3. The van der Waals surface area contributed by atoms with Gasteiger partial charge < -0.3 is 30.1 Å². The monoisotopic (exact) mass is 579 g/mol. The Morgan fingerprint density at radius 1 is 1.16 bits per heavy atom. The zero-order chi connectivity index (χ0) is 26.6. The zero-order valence-corrected chi connectivity index (χ0v) is 23.2. The van der Waals surface area contributed by atoms with Crippen LogP contribution < -0.4 is 15.4 Å². The molecule has 1 spiro atoms. The Labute approximate surface area is 226 Å². The van der Waals surface area contributed by atoms with Crippen LogP contribution in [0.1, 0.15) is 52.4 Å². The number of alkyl halides is 1. The van der Waals surface area contributed by atoms with Crippen LogP contribution in [0.15, 0.2) is 24.3 Å². The molecule has 3 amide bonds. The molecule has 6 atom stereocenters. The average molecular weight is 581 g/mol. The molecule has 9 nitrogen and oxygen atoms in total. The van der Waals surface area contributed by atoms with Crippen LogP contribution in [0.3, 0.4) is 0 Å². The van der Waals surface area contributed by atoms with E-state index in [1.165, 1.54) is 0 Å². The van der Waals surface area contributed by atoms with Gasteiger partial charge in [-0.25, -0.2) is 0 Å². The minimum absolute atomic E-state index is 0.0135. The van der Waals surface area contributed by atoms with Crippen molar-refractivity contribution in [3.05, 3.63) is 24.3 Å². The van der Waals surface area contributed by atoms with Crippen molar-refractivity contribution in [2.45, 2.75) is 74.9 Å². The molecule has 3 unspecified atom stereocenters. The molecule has 2 bridgehead atoms. The maximum atomic E-state index is 13.8. The number of likely N-dealkylation sites (tertiary alicyclic amines) is 1. The number of fused-ring (bicyclic) bond motifs is 1. The maximum absolute atomic E-state index is 13.8. The van der Waals surface area contributed by atoms with Gasteiger partial charge in [0, 0.05) is 30.2 Å². The van der Waals surface area contributed by atoms with Gasteiger partial charge in [-0.3, -0.25) is 14.4 Å². The van der Waals surface area contributed by atoms with Crippen molar-refractivity contribution < 1.29 is 29.0 Å². The number of carbonyl (C=O) groups excluding carboxylic acids is 3. The van der Waals surface area contributed by atoms with Gasteiger partial charge in [0.25, 0.3) is 0 Å². The van der Waals surface area contributed by atoms with Crippen molar-refractivity contribution in [2.75, 3.05) is 31.6 Å². The van der Waals surface area contributed by atoms with E-state index in [1.807, 2.05) is 6.92 Å². The lowest BCUT2D eigenvalue weighted by Crippen LogP contribution is -2.56. The van der Waals surface area contributed by atoms with Gasteiger partial charge >= 0.3 is 0 Å². The Morgan fingerprint density at radius 2 is 1.92 bits per heavy atom. The third-order valence-corrected chi connectivity index (χ3v) is 8.50. The zero-order valence-electron chi connectivity index (χ0n) is 21.6. The summed E-state index contributed by atoms with van der Waals surface area (Å²) in [5.74, 6) is -1.51. The van der Waals surface area contributed by atoms with Crippen LogP contribution in [-0.2, 0) is 19.1 Å². The lowest BCUT2D eigenvalue weighted by atomic mass is 9.70. The highest BCUT2D eigenvalue weighted by Gasteiger charge is 2.76. The lowest BCUT2D eigenvalue weighted by molar-refractivity contribution is -0.141. The summed E-state index contributed by atoms with van der Waals surface area (Å²) >= 11 is 3.69. The molecule has 3 aliphatic rings. The van der Waals surface area contributed by atoms with Gasteiger partial charge in [0.1, 0.15) is 17.4 Å². The standard InChI is InChI=1S/C27H38BrN3O6/c1-3-5-6-13-29-25(34)23-27-16-19(28)22(37-27)20(21(27)26(35)31(23)14-7-8-15-32)24(33)30-17-9-11-18(12-10-17)36-4-2/h9-12,19-23,32H,3-8,13-16H2,1-2H3,(H,29,34)(H,30,33)/t19?,20-,21+,22-,23?,27?/m1/s1. The number of anilines is 1. The summed E-state index contributed by atoms with van der Waals surface area (Å²) in [5.41, 5.74) is -0.461. The highest BCUT2D eigenvalue weighted by Crippen LogP contribution is 2.60. The summed E-state index contributed by atoms with van der Waals surface area (Å²) in [7, 11) is 0. The number of benzene rings is 1. The van der Waals surface area contributed by atoms with E-state index in [0.29, 0.717) is 50.4 Å². The average Bonchev–Trinajstić information content (AvgIpc) is 3.47. The van der Waals surface area contributed by atoms with Crippen LogP contribution in [0.2, 0.25) is 0 Å². The molecular formula is C27H38BrN3O6. The van der Waals surface area contributed by atoms with Crippen molar-refractivity contribution in [2.24, 2.45) is 11.8 Å². The van der Waals surface area contributed by atoms with E-state index in [-0.39, 0.29) is 29.2 Å². The Morgan fingerprint density at radius 3 is 2.59 bits per heavy atom. The largest absolute Gasteiger partial charge is 0.494 e. The molecule has 4 rings (SSSR count). The molecule has 3 N–H and O–H groups in total. The topological polar surface area (TPSA) is 117 Å². The van der Waals surface area contributed by atoms with Crippen molar-refractivity contribution in [3.63, 3.8) is 0 Å². The second-order valence-electron chi connectivity index (χ2n) is 10.1. The molecule has 0 aromatic heterocycles. The van der Waals surface area contributed by atoms with E-state index in [2.05, 4.69) is 33.5 Å².